The smallest absolute Gasteiger partial charge is 0.328 e. The number of hydrogen-bond acceptors (Lipinski definition) is 4. The van der Waals surface area contributed by atoms with Gasteiger partial charge in [-0.3, -0.25) is 14.8 Å². The lowest BCUT2D eigenvalue weighted by Gasteiger charge is -1.97. The maximum Gasteiger partial charge on any atom is 0.328 e. The van der Waals surface area contributed by atoms with E-state index in [4.69, 9.17) is 10.3 Å². The van der Waals surface area contributed by atoms with E-state index in [1.807, 2.05) is 5.43 Å². The second-order valence-corrected chi connectivity index (χ2v) is 3.56. The number of nitrogens with one attached hydrogen (secondary N) is 1. The highest BCUT2D eigenvalue weighted by molar-refractivity contribution is 5.90. The summed E-state index contributed by atoms with van der Waals surface area (Å²) in [5.74, 6) is 5.10. The summed E-state index contributed by atoms with van der Waals surface area (Å²) >= 11 is 0. The first-order valence-electron chi connectivity index (χ1n) is 4.93. The Bertz CT molecular complexity index is 593. The van der Waals surface area contributed by atoms with Gasteiger partial charge in [0.15, 0.2) is 5.76 Å². The molecule has 0 saturated heterocycles. The molecule has 2 rings (SSSR count). The Hall–Kier alpha value is -2.28. The number of rotatable bonds is 3. The largest absolute Gasteiger partial charge is 0.454 e. The van der Waals surface area contributed by atoms with E-state index in [0.29, 0.717) is 5.76 Å². The molecule has 17 heavy (non-hydrogen) atoms. The third-order valence-electron chi connectivity index (χ3n) is 2.36. The molecule has 90 valence electrons. The first kappa shape index (κ1) is 11.2. The number of aromatic nitrogens is 2. The van der Waals surface area contributed by atoms with Crippen LogP contribution in [0.2, 0.25) is 0 Å². The molecule has 0 bridgehead atoms. The van der Waals surface area contributed by atoms with Gasteiger partial charge in [0.25, 0.3) is 0 Å². The third-order valence-corrected chi connectivity index (χ3v) is 2.36. The van der Waals surface area contributed by atoms with Gasteiger partial charge in [-0.05, 0) is 12.1 Å². The number of amides is 1. The molecule has 0 unspecified atom stereocenters. The van der Waals surface area contributed by atoms with Gasteiger partial charge < -0.3 is 8.98 Å². The average Bonchev–Trinajstić information content (AvgIpc) is 2.91. The van der Waals surface area contributed by atoms with E-state index in [-0.39, 0.29) is 18.0 Å². The Morgan fingerprint density at radius 2 is 2.24 bits per heavy atom. The van der Waals surface area contributed by atoms with Crippen LogP contribution in [0.15, 0.2) is 33.7 Å². The molecule has 3 N–H and O–H groups in total. The van der Waals surface area contributed by atoms with Gasteiger partial charge in [-0.15, -0.1) is 0 Å². The number of imidazole rings is 1. The van der Waals surface area contributed by atoms with Crippen molar-refractivity contribution < 1.29 is 9.21 Å². The molecule has 0 aliphatic rings. The van der Waals surface area contributed by atoms with Crippen molar-refractivity contribution in [3.8, 4) is 0 Å². The minimum absolute atomic E-state index is 0.117. The van der Waals surface area contributed by atoms with E-state index in [1.54, 1.807) is 25.5 Å². The van der Waals surface area contributed by atoms with Gasteiger partial charge in [0.05, 0.1) is 6.54 Å². The highest BCUT2D eigenvalue weighted by Crippen LogP contribution is 2.08. The molecule has 0 fully saturated rings. The Kier molecular flexibility index (Phi) is 2.84. The van der Waals surface area contributed by atoms with Gasteiger partial charge in [0, 0.05) is 19.4 Å². The number of hydrazine groups is 1. The lowest BCUT2D eigenvalue weighted by atomic mass is 10.4. The Morgan fingerprint density at radius 3 is 2.82 bits per heavy atom. The second kappa shape index (κ2) is 4.30. The van der Waals surface area contributed by atoms with E-state index in [2.05, 4.69) is 0 Å². The third kappa shape index (κ3) is 2.13. The molecule has 2 aromatic rings. The topological polar surface area (TPSA) is 95.2 Å². The number of aryl methyl sites for hydroxylation is 1. The fourth-order valence-corrected chi connectivity index (χ4v) is 1.45. The highest BCUT2D eigenvalue weighted by Gasteiger charge is 2.10. The molecular weight excluding hydrogens is 224 g/mol. The van der Waals surface area contributed by atoms with Crippen molar-refractivity contribution in [2.75, 3.05) is 0 Å². The van der Waals surface area contributed by atoms with Gasteiger partial charge >= 0.3 is 11.6 Å². The van der Waals surface area contributed by atoms with Crippen LogP contribution in [0.5, 0.6) is 0 Å². The summed E-state index contributed by atoms with van der Waals surface area (Å²) in [4.78, 5) is 22.7. The molecule has 0 spiro atoms. The summed E-state index contributed by atoms with van der Waals surface area (Å²) in [7, 11) is 1.66. The fraction of sp³-hybridized carbons (Fsp3) is 0.200. The van der Waals surface area contributed by atoms with E-state index in [1.165, 1.54) is 15.2 Å². The molecule has 0 atom stereocenters. The lowest BCUT2D eigenvalue weighted by molar-refractivity contribution is 0.0924. The number of carbonyl (C=O) groups excluding carboxylic acids is 1. The molecule has 0 aliphatic carbocycles. The number of nitrogens with zero attached hydrogens (tertiary/aromatic N) is 2. The molecule has 7 heteroatoms. The number of hydrogen-bond donors (Lipinski definition) is 2. The van der Waals surface area contributed by atoms with Crippen molar-refractivity contribution in [2.45, 2.75) is 6.54 Å². The number of furan rings is 1. The van der Waals surface area contributed by atoms with Crippen molar-refractivity contribution >= 4 is 5.91 Å². The van der Waals surface area contributed by atoms with Crippen LogP contribution in [0.4, 0.5) is 0 Å². The maximum atomic E-state index is 11.6. The number of nitrogen functional groups attached to an aromatic ring is 1. The maximum absolute atomic E-state index is 11.6. The van der Waals surface area contributed by atoms with Gasteiger partial charge in [-0.25, -0.2) is 10.6 Å². The second-order valence-electron chi connectivity index (χ2n) is 3.56. The minimum Gasteiger partial charge on any atom is -0.454 e. The Labute approximate surface area is 96.4 Å². The SMILES string of the molecule is Cn1ccn(Cc2ccc(C(=O)NN)o2)c1=O. The van der Waals surface area contributed by atoms with Crippen molar-refractivity contribution in [1.29, 1.82) is 0 Å². The van der Waals surface area contributed by atoms with Crippen LogP contribution >= 0.6 is 0 Å². The van der Waals surface area contributed by atoms with Crippen LogP contribution in [0.25, 0.3) is 0 Å². The molecule has 1 amide bonds. The van der Waals surface area contributed by atoms with Crippen molar-refractivity contribution in [3.63, 3.8) is 0 Å². The van der Waals surface area contributed by atoms with Crippen molar-refractivity contribution in [1.82, 2.24) is 14.6 Å². The van der Waals surface area contributed by atoms with Crippen LogP contribution in [0, 0.1) is 0 Å². The zero-order chi connectivity index (χ0) is 12.4. The van der Waals surface area contributed by atoms with Crippen molar-refractivity contribution in [2.24, 2.45) is 12.9 Å². The number of carbonyl (C=O) groups is 1. The van der Waals surface area contributed by atoms with Crippen LogP contribution < -0.4 is 17.0 Å². The first-order valence-corrected chi connectivity index (χ1v) is 4.93. The van der Waals surface area contributed by atoms with E-state index < -0.39 is 5.91 Å². The summed E-state index contributed by atoms with van der Waals surface area (Å²) in [5.41, 5.74) is 1.82. The quantitative estimate of drug-likeness (QED) is 0.424. The lowest BCUT2D eigenvalue weighted by Crippen LogP contribution is -2.29. The molecule has 2 heterocycles. The number of nitrogens with two attached hydrogens (primary N) is 1. The summed E-state index contributed by atoms with van der Waals surface area (Å²) in [6.07, 6.45) is 3.30. The standard InChI is InChI=1S/C10H12N4O3/c1-13-4-5-14(10(13)16)6-7-2-3-8(17-7)9(15)12-11/h2-5H,6,11H2,1H3,(H,12,15). The van der Waals surface area contributed by atoms with Gasteiger partial charge in [-0.1, -0.05) is 0 Å². The van der Waals surface area contributed by atoms with Gasteiger partial charge in [0.1, 0.15) is 5.76 Å². The fourth-order valence-electron chi connectivity index (χ4n) is 1.45. The zero-order valence-corrected chi connectivity index (χ0v) is 9.21. The van der Waals surface area contributed by atoms with Crippen LogP contribution in [-0.4, -0.2) is 15.0 Å². The van der Waals surface area contributed by atoms with Gasteiger partial charge in [0.2, 0.25) is 0 Å². The van der Waals surface area contributed by atoms with Gasteiger partial charge in [-0.2, -0.15) is 0 Å². The van der Waals surface area contributed by atoms with E-state index in [0.717, 1.165) is 0 Å². The minimum atomic E-state index is -0.503. The predicted octanol–water partition coefficient (Wildman–Crippen LogP) is -0.568. The normalized spacial score (nSPS) is 10.5. The zero-order valence-electron chi connectivity index (χ0n) is 9.21. The highest BCUT2D eigenvalue weighted by atomic mass is 16.4. The summed E-state index contributed by atoms with van der Waals surface area (Å²) in [6.45, 7) is 0.275. The predicted molar refractivity (Wildman–Crippen MR) is 59.1 cm³/mol. The van der Waals surface area contributed by atoms with E-state index >= 15 is 0 Å². The molecule has 0 radical (unpaired) electrons. The molecule has 0 saturated carbocycles. The molecule has 0 aromatic carbocycles. The average molecular weight is 236 g/mol. The molecular formula is C10H12N4O3. The molecule has 0 aliphatic heterocycles. The summed E-state index contributed by atoms with van der Waals surface area (Å²) in [5, 5.41) is 0. The van der Waals surface area contributed by atoms with Crippen LogP contribution in [-0.2, 0) is 13.6 Å². The van der Waals surface area contributed by atoms with Crippen molar-refractivity contribution in [3.05, 3.63) is 46.5 Å². The Balaban J connectivity index is 2.20. The monoisotopic (exact) mass is 236 g/mol. The molecule has 7 nitrogen and oxygen atoms in total. The molecule has 2 aromatic heterocycles. The van der Waals surface area contributed by atoms with Crippen LogP contribution in [0.1, 0.15) is 16.3 Å². The van der Waals surface area contributed by atoms with Crippen LogP contribution in [0.3, 0.4) is 0 Å². The Morgan fingerprint density at radius 1 is 1.47 bits per heavy atom. The first-order chi connectivity index (χ1) is 8.11. The summed E-state index contributed by atoms with van der Waals surface area (Å²) < 4.78 is 8.17. The van der Waals surface area contributed by atoms with E-state index in [9.17, 15) is 9.59 Å². The summed E-state index contributed by atoms with van der Waals surface area (Å²) in [6, 6.07) is 3.13.